The Morgan fingerprint density at radius 2 is 1.96 bits per heavy atom. The molecule has 1 aliphatic carbocycles. The molecule has 23 heavy (non-hydrogen) atoms. The van der Waals surface area contributed by atoms with Gasteiger partial charge >= 0.3 is 0 Å². The fourth-order valence-corrected chi connectivity index (χ4v) is 4.62. The Labute approximate surface area is 142 Å². The first-order valence-electron chi connectivity index (χ1n) is 9.40. The van der Waals surface area contributed by atoms with Gasteiger partial charge < -0.3 is 4.74 Å². The zero-order chi connectivity index (χ0) is 16.6. The molecule has 0 saturated carbocycles. The Kier molecular flexibility index (Phi) is 4.58. The maximum absolute atomic E-state index is 6.52. The monoisotopic (exact) mass is 312 g/mol. The van der Waals surface area contributed by atoms with E-state index < -0.39 is 0 Å². The molecule has 0 unspecified atom stereocenters. The van der Waals surface area contributed by atoms with Gasteiger partial charge in [-0.3, -0.25) is 0 Å². The normalized spacial score (nSPS) is 25.2. The van der Waals surface area contributed by atoms with Crippen molar-refractivity contribution in [2.24, 2.45) is 5.92 Å². The first kappa shape index (κ1) is 16.6. The van der Waals surface area contributed by atoms with Gasteiger partial charge in [-0.25, -0.2) is 0 Å². The molecule has 1 aliphatic heterocycles. The predicted octanol–water partition coefficient (Wildman–Crippen LogP) is 6.34. The van der Waals surface area contributed by atoms with Gasteiger partial charge in [-0.05, 0) is 76.5 Å². The van der Waals surface area contributed by atoms with Gasteiger partial charge in [-0.15, -0.1) is 0 Å². The molecule has 1 nitrogen and oxygen atoms in total. The fraction of sp³-hybridized carbons (Fsp3) is 0.636. The molecule has 2 atom stereocenters. The average molecular weight is 312 g/mol. The Morgan fingerprint density at radius 1 is 1.17 bits per heavy atom. The molecule has 0 saturated heterocycles. The summed E-state index contributed by atoms with van der Waals surface area (Å²) in [5.41, 5.74) is 5.85. The largest absolute Gasteiger partial charge is 0.487 e. The van der Waals surface area contributed by atoms with Crippen molar-refractivity contribution in [2.45, 2.75) is 84.7 Å². The number of aryl methyl sites for hydroxylation is 2. The number of benzene rings is 1. The van der Waals surface area contributed by atoms with Crippen molar-refractivity contribution in [1.29, 1.82) is 0 Å². The zero-order valence-corrected chi connectivity index (χ0v) is 15.5. The van der Waals surface area contributed by atoms with Crippen molar-refractivity contribution in [1.82, 2.24) is 0 Å². The molecule has 0 N–H and O–H groups in total. The van der Waals surface area contributed by atoms with Gasteiger partial charge in [0.1, 0.15) is 11.4 Å². The molecular formula is C22H32O. The minimum absolute atomic E-state index is 0.0661. The number of hydrogen-bond acceptors (Lipinski definition) is 1. The summed E-state index contributed by atoms with van der Waals surface area (Å²) in [6.07, 6.45) is 9.83. The van der Waals surface area contributed by atoms with Gasteiger partial charge in [0.25, 0.3) is 0 Å². The summed E-state index contributed by atoms with van der Waals surface area (Å²) in [6, 6.07) is 4.75. The van der Waals surface area contributed by atoms with E-state index in [-0.39, 0.29) is 5.60 Å². The number of hydrogen-bond donors (Lipinski definition) is 0. The second-order valence-corrected chi connectivity index (χ2v) is 8.19. The Balaban J connectivity index is 1.96. The van der Waals surface area contributed by atoms with E-state index in [0.29, 0.717) is 11.8 Å². The van der Waals surface area contributed by atoms with Crippen molar-refractivity contribution < 1.29 is 4.74 Å². The summed E-state index contributed by atoms with van der Waals surface area (Å²) in [5.74, 6) is 2.39. The highest BCUT2D eigenvalue weighted by Gasteiger charge is 2.44. The molecule has 3 rings (SSSR count). The molecule has 0 radical (unpaired) electrons. The van der Waals surface area contributed by atoms with Crippen LogP contribution in [0.1, 0.15) is 82.4 Å². The second-order valence-electron chi connectivity index (χ2n) is 8.19. The first-order valence-corrected chi connectivity index (χ1v) is 9.40. The quantitative estimate of drug-likeness (QED) is 0.465. The third kappa shape index (κ3) is 3.20. The van der Waals surface area contributed by atoms with Crippen LogP contribution in [0.4, 0.5) is 0 Å². The zero-order valence-electron chi connectivity index (χ0n) is 15.5. The first-order chi connectivity index (χ1) is 10.9. The molecule has 1 aromatic carbocycles. The van der Waals surface area contributed by atoms with E-state index in [9.17, 15) is 0 Å². The van der Waals surface area contributed by atoms with Gasteiger partial charge in [-0.2, -0.15) is 0 Å². The fourth-order valence-electron chi connectivity index (χ4n) is 4.62. The number of fused-ring (bicyclic) bond motifs is 3. The molecule has 1 aromatic rings. The van der Waals surface area contributed by atoms with Crippen molar-refractivity contribution in [3.8, 4) is 5.75 Å². The van der Waals surface area contributed by atoms with Gasteiger partial charge in [0.05, 0.1) is 0 Å². The van der Waals surface area contributed by atoms with Gasteiger partial charge in [-0.1, -0.05) is 37.5 Å². The standard InChI is InChI=1S/C22H32O/c1-6-7-8-9-17-13-16(3)21-18-12-15(2)10-11-19(18)22(4,5)23-20(21)14-17/h10,13-14,18-19H,6-9,11-12H2,1-5H3/t18-,19-/m1/s1. The molecule has 2 aliphatic rings. The van der Waals surface area contributed by atoms with Gasteiger partial charge in [0.2, 0.25) is 0 Å². The Hall–Kier alpha value is -1.24. The van der Waals surface area contributed by atoms with Crippen LogP contribution in [0.3, 0.4) is 0 Å². The second kappa shape index (κ2) is 6.34. The highest BCUT2D eigenvalue weighted by Crippen LogP contribution is 2.52. The molecule has 1 heteroatoms. The third-order valence-corrected chi connectivity index (χ3v) is 5.86. The van der Waals surface area contributed by atoms with Gasteiger partial charge in [0.15, 0.2) is 0 Å². The van der Waals surface area contributed by atoms with E-state index in [2.05, 4.69) is 52.8 Å². The lowest BCUT2D eigenvalue weighted by Crippen LogP contribution is -2.45. The average Bonchev–Trinajstić information content (AvgIpc) is 2.46. The third-order valence-electron chi connectivity index (χ3n) is 5.86. The number of unbranched alkanes of at least 4 members (excludes halogenated alkanes) is 2. The lowest BCUT2D eigenvalue weighted by atomic mass is 9.66. The van der Waals surface area contributed by atoms with Crippen LogP contribution in [-0.2, 0) is 6.42 Å². The van der Waals surface area contributed by atoms with Crippen LogP contribution in [0.25, 0.3) is 0 Å². The Morgan fingerprint density at radius 3 is 2.70 bits per heavy atom. The maximum atomic E-state index is 6.52. The lowest BCUT2D eigenvalue weighted by molar-refractivity contribution is 0.00821. The van der Waals surface area contributed by atoms with Crippen LogP contribution in [0.5, 0.6) is 5.75 Å². The summed E-state index contributed by atoms with van der Waals surface area (Å²) >= 11 is 0. The van der Waals surface area contributed by atoms with E-state index in [1.165, 1.54) is 48.8 Å². The number of ether oxygens (including phenoxy) is 1. The summed E-state index contributed by atoms with van der Waals surface area (Å²) < 4.78 is 6.52. The summed E-state index contributed by atoms with van der Waals surface area (Å²) in [4.78, 5) is 0. The van der Waals surface area contributed by atoms with Crippen LogP contribution >= 0.6 is 0 Å². The molecule has 1 heterocycles. The molecule has 0 spiro atoms. The van der Waals surface area contributed by atoms with E-state index in [1.807, 2.05) is 0 Å². The molecule has 0 fully saturated rings. The predicted molar refractivity (Wildman–Crippen MR) is 98.3 cm³/mol. The van der Waals surface area contributed by atoms with E-state index in [1.54, 1.807) is 5.57 Å². The van der Waals surface area contributed by atoms with E-state index in [0.717, 1.165) is 12.2 Å². The van der Waals surface area contributed by atoms with Crippen LogP contribution in [0.15, 0.2) is 23.8 Å². The minimum Gasteiger partial charge on any atom is -0.487 e. The smallest absolute Gasteiger partial charge is 0.124 e. The molecule has 0 amide bonds. The summed E-state index contributed by atoms with van der Waals surface area (Å²) in [7, 11) is 0. The molecule has 126 valence electrons. The lowest BCUT2D eigenvalue weighted by Gasteiger charge is -2.47. The number of allylic oxidation sites excluding steroid dienone is 2. The van der Waals surface area contributed by atoms with Crippen molar-refractivity contribution in [2.75, 3.05) is 0 Å². The van der Waals surface area contributed by atoms with Crippen LogP contribution in [0.2, 0.25) is 0 Å². The van der Waals surface area contributed by atoms with E-state index >= 15 is 0 Å². The van der Waals surface area contributed by atoms with Crippen molar-refractivity contribution in [3.63, 3.8) is 0 Å². The van der Waals surface area contributed by atoms with Crippen molar-refractivity contribution >= 4 is 0 Å². The van der Waals surface area contributed by atoms with Gasteiger partial charge in [0, 0.05) is 11.5 Å². The van der Waals surface area contributed by atoms with Crippen LogP contribution in [-0.4, -0.2) is 5.60 Å². The maximum Gasteiger partial charge on any atom is 0.124 e. The Bertz CT molecular complexity index is 609. The highest BCUT2D eigenvalue weighted by atomic mass is 16.5. The molecule has 0 aromatic heterocycles. The van der Waals surface area contributed by atoms with Crippen molar-refractivity contribution in [3.05, 3.63) is 40.5 Å². The van der Waals surface area contributed by atoms with E-state index in [4.69, 9.17) is 4.74 Å². The van der Waals surface area contributed by atoms with Crippen LogP contribution in [0, 0.1) is 12.8 Å². The number of rotatable bonds is 4. The SMILES string of the molecule is CCCCCc1cc(C)c2c(c1)OC(C)(C)[C@@H]1CC=C(C)C[C@@H]21. The topological polar surface area (TPSA) is 9.23 Å². The summed E-state index contributed by atoms with van der Waals surface area (Å²) in [5, 5.41) is 0. The molecular weight excluding hydrogens is 280 g/mol. The minimum atomic E-state index is -0.0661. The highest BCUT2D eigenvalue weighted by molar-refractivity contribution is 5.49. The summed E-state index contributed by atoms with van der Waals surface area (Å²) in [6.45, 7) is 11.4. The molecule has 0 bridgehead atoms. The van der Waals surface area contributed by atoms with Crippen LogP contribution < -0.4 is 4.74 Å².